The van der Waals surface area contributed by atoms with E-state index in [1.165, 1.54) is 37.8 Å². The molecule has 19 heavy (non-hydrogen) atoms. The maximum Gasteiger partial charge on any atom is 0.211 e. The number of hydrogen-bond acceptors (Lipinski definition) is 2. The summed E-state index contributed by atoms with van der Waals surface area (Å²) in [5.74, 6) is 0. The fourth-order valence-electron chi connectivity index (χ4n) is 2.77. The van der Waals surface area contributed by atoms with E-state index in [-0.39, 0.29) is 12.4 Å². The Hall–Kier alpha value is -1.06. The average Bonchev–Trinajstić information content (AvgIpc) is 2.40. The second-order valence-corrected chi connectivity index (χ2v) is 5.09. The molecule has 1 fully saturated rings. The van der Waals surface area contributed by atoms with Crippen molar-refractivity contribution in [1.29, 1.82) is 0 Å². The molecule has 0 bridgehead atoms. The number of halogens is 1. The summed E-state index contributed by atoms with van der Waals surface area (Å²) in [7, 11) is 2.22. The monoisotopic (exact) mass is 282 g/mol. The first kappa shape index (κ1) is 16.0. The van der Waals surface area contributed by atoms with E-state index in [1.54, 1.807) is 0 Å². The Kier molecular flexibility index (Phi) is 6.89. The van der Waals surface area contributed by atoms with Crippen molar-refractivity contribution in [2.45, 2.75) is 38.1 Å². The molecule has 1 aliphatic heterocycles. The van der Waals surface area contributed by atoms with Crippen LogP contribution in [0.15, 0.2) is 24.3 Å². The van der Waals surface area contributed by atoms with Crippen molar-refractivity contribution in [3.63, 3.8) is 0 Å². The Balaban J connectivity index is 0.00000180. The van der Waals surface area contributed by atoms with Crippen LogP contribution in [-0.2, 0) is 11.2 Å². The average molecular weight is 283 g/mol. The van der Waals surface area contributed by atoms with E-state index in [0.717, 1.165) is 18.5 Å². The third-order valence-corrected chi connectivity index (χ3v) is 3.90. The van der Waals surface area contributed by atoms with Crippen LogP contribution in [-0.4, -0.2) is 30.9 Å². The van der Waals surface area contributed by atoms with Gasteiger partial charge in [-0.15, -0.1) is 12.4 Å². The van der Waals surface area contributed by atoms with Crippen LogP contribution < -0.4 is 5.32 Å². The lowest BCUT2D eigenvalue weighted by molar-refractivity contribution is -0.105. The molecule has 1 amide bonds. The normalized spacial score (nSPS) is 19.5. The van der Waals surface area contributed by atoms with Crippen molar-refractivity contribution in [2.75, 3.05) is 18.9 Å². The number of rotatable bonds is 5. The fraction of sp³-hybridized carbons (Fsp3) is 0.533. The molecule has 1 aliphatic rings. The van der Waals surface area contributed by atoms with E-state index in [1.807, 2.05) is 18.2 Å². The van der Waals surface area contributed by atoms with Gasteiger partial charge in [0.2, 0.25) is 6.41 Å². The van der Waals surface area contributed by atoms with E-state index in [4.69, 9.17) is 0 Å². The third kappa shape index (κ3) is 4.51. The first-order valence-corrected chi connectivity index (χ1v) is 6.79. The van der Waals surface area contributed by atoms with Gasteiger partial charge in [-0.1, -0.05) is 24.6 Å². The van der Waals surface area contributed by atoms with Crippen molar-refractivity contribution in [3.05, 3.63) is 29.8 Å². The summed E-state index contributed by atoms with van der Waals surface area (Å²) in [4.78, 5) is 13.0. The first-order chi connectivity index (χ1) is 8.81. The van der Waals surface area contributed by atoms with Gasteiger partial charge in [-0.2, -0.15) is 0 Å². The Morgan fingerprint density at radius 3 is 2.89 bits per heavy atom. The van der Waals surface area contributed by atoms with Gasteiger partial charge in [-0.25, -0.2) is 0 Å². The number of para-hydroxylation sites is 1. The van der Waals surface area contributed by atoms with Crippen LogP contribution in [0.1, 0.15) is 31.2 Å². The number of anilines is 1. The maximum atomic E-state index is 10.6. The Morgan fingerprint density at radius 1 is 1.37 bits per heavy atom. The zero-order valence-electron chi connectivity index (χ0n) is 11.5. The molecule has 3 nitrogen and oxygen atoms in total. The van der Waals surface area contributed by atoms with Crippen LogP contribution in [0.5, 0.6) is 0 Å². The number of benzene rings is 1. The predicted octanol–water partition coefficient (Wildman–Crippen LogP) is 3.09. The van der Waals surface area contributed by atoms with Crippen molar-refractivity contribution >= 4 is 24.5 Å². The molecular weight excluding hydrogens is 260 g/mol. The van der Waals surface area contributed by atoms with Gasteiger partial charge in [0, 0.05) is 11.7 Å². The second kappa shape index (κ2) is 8.18. The summed E-state index contributed by atoms with van der Waals surface area (Å²) in [6.07, 6.45) is 6.95. The third-order valence-electron chi connectivity index (χ3n) is 3.90. The molecule has 0 aromatic heterocycles. The molecule has 106 valence electrons. The molecule has 1 atom stereocenters. The van der Waals surface area contributed by atoms with Crippen LogP contribution in [0, 0.1) is 0 Å². The van der Waals surface area contributed by atoms with Gasteiger partial charge in [0.05, 0.1) is 0 Å². The quantitative estimate of drug-likeness (QED) is 0.842. The molecule has 1 heterocycles. The van der Waals surface area contributed by atoms with Crippen molar-refractivity contribution in [3.8, 4) is 0 Å². The fourth-order valence-corrected chi connectivity index (χ4v) is 2.77. The number of amides is 1. The summed E-state index contributed by atoms with van der Waals surface area (Å²) in [5.41, 5.74) is 2.19. The highest BCUT2D eigenvalue weighted by atomic mass is 35.5. The highest BCUT2D eigenvalue weighted by Crippen LogP contribution is 2.22. The molecule has 1 unspecified atom stereocenters. The van der Waals surface area contributed by atoms with E-state index >= 15 is 0 Å². The first-order valence-electron chi connectivity index (χ1n) is 6.79. The molecule has 4 heteroatoms. The van der Waals surface area contributed by atoms with Gasteiger partial charge in [-0.3, -0.25) is 4.79 Å². The smallest absolute Gasteiger partial charge is 0.211 e. The SMILES string of the molecule is CN1CCCCC1CCc1ccccc1NC=O.Cl. The van der Waals surface area contributed by atoms with Gasteiger partial charge in [0.1, 0.15) is 0 Å². The molecule has 2 rings (SSSR count). The van der Waals surface area contributed by atoms with Crippen LogP contribution in [0.2, 0.25) is 0 Å². The number of likely N-dealkylation sites (tertiary alicyclic amines) is 1. The molecular formula is C15H23ClN2O. The molecule has 1 saturated heterocycles. The molecule has 1 aromatic rings. The van der Waals surface area contributed by atoms with Gasteiger partial charge in [0.15, 0.2) is 0 Å². The van der Waals surface area contributed by atoms with Gasteiger partial charge in [-0.05, 0) is 50.9 Å². The standard InChI is InChI=1S/C15H22N2O.ClH/c1-17-11-5-4-7-14(17)10-9-13-6-2-3-8-15(13)16-12-18;/h2-3,6,8,12,14H,4-5,7,9-11H2,1H3,(H,16,18);1H. The van der Waals surface area contributed by atoms with Gasteiger partial charge in [0.25, 0.3) is 0 Å². The Bertz CT molecular complexity index is 397. The Morgan fingerprint density at radius 2 is 2.16 bits per heavy atom. The van der Waals surface area contributed by atoms with Crippen molar-refractivity contribution in [2.24, 2.45) is 0 Å². The zero-order chi connectivity index (χ0) is 12.8. The molecule has 0 radical (unpaired) electrons. The molecule has 0 aliphatic carbocycles. The van der Waals surface area contributed by atoms with Crippen LogP contribution in [0.25, 0.3) is 0 Å². The number of aryl methyl sites for hydroxylation is 1. The van der Waals surface area contributed by atoms with Gasteiger partial charge >= 0.3 is 0 Å². The summed E-state index contributed by atoms with van der Waals surface area (Å²) >= 11 is 0. The van der Waals surface area contributed by atoms with E-state index in [9.17, 15) is 4.79 Å². The summed E-state index contributed by atoms with van der Waals surface area (Å²) in [6.45, 7) is 1.22. The lowest BCUT2D eigenvalue weighted by Crippen LogP contribution is -2.36. The number of piperidine rings is 1. The maximum absolute atomic E-state index is 10.6. The lowest BCUT2D eigenvalue weighted by atomic mass is 9.96. The summed E-state index contributed by atoms with van der Waals surface area (Å²) < 4.78 is 0. The van der Waals surface area contributed by atoms with Crippen LogP contribution >= 0.6 is 12.4 Å². The minimum atomic E-state index is 0. The summed E-state index contributed by atoms with van der Waals surface area (Å²) in [5, 5.41) is 2.78. The number of nitrogens with zero attached hydrogens (tertiary/aromatic N) is 1. The van der Waals surface area contributed by atoms with Crippen LogP contribution in [0.4, 0.5) is 5.69 Å². The summed E-state index contributed by atoms with van der Waals surface area (Å²) in [6, 6.07) is 8.77. The van der Waals surface area contributed by atoms with Crippen molar-refractivity contribution < 1.29 is 4.79 Å². The number of hydrogen-bond donors (Lipinski definition) is 1. The van der Waals surface area contributed by atoms with Crippen LogP contribution in [0.3, 0.4) is 0 Å². The molecule has 1 N–H and O–H groups in total. The second-order valence-electron chi connectivity index (χ2n) is 5.09. The lowest BCUT2D eigenvalue weighted by Gasteiger charge is -2.32. The largest absolute Gasteiger partial charge is 0.328 e. The minimum Gasteiger partial charge on any atom is -0.328 e. The predicted molar refractivity (Wildman–Crippen MR) is 82.0 cm³/mol. The highest BCUT2D eigenvalue weighted by molar-refractivity contribution is 5.85. The van der Waals surface area contributed by atoms with E-state index in [2.05, 4.69) is 23.3 Å². The number of carbonyl (C=O) groups excluding carboxylic acids is 1. The topological polar surface area (TPSA) is 32.3 Å². The highest BCUT2D eigenvalue weighted by Gasteiger charge is 2.18. The number of carbonyl (C=O) groups is 1. The van der Waals surface area contributed by atoms with E-state index < -0.39 is 0 Å². The van der Waals surface area contributed by atoms with Crippen molar-refractivity contribution in [1.82, 2.24) is 4.90 Å². The molecule has 0 saturated carbocycles. The molecule has 0 spiro atoms. The molecule has 1 aromatic carbocycles. The zero-order valence-corrected chi connectivity index (χ0v) is 12.3. The Labute approximate surface area is 121 Å². The van der Waals surface area contributed by atoms with E-state index in [0.29, 0.717) is 6.04 Å². The van der Waals surface area contributed by atoms with Gasteiger partial charge < -0.3 is 10.2 Å². The number of nitrogens with one attached hydrogen (secondary N) is 1. The minimum absolute atomic E-state index is 0.